The Morgan fingerprint density at radius 1 is 1.67 bits per heavy atom. The number of thiocarbonyl (C=S) groups is 1. The molecular weight excluding hydrogens is 217 g/mol. The molecule has 0 aliphatic rings. The van der Waals surface area contributed by atoms with E-state index >= 15 is 0 Å². The van der Waals surface area contributed by atoms with Crippen LogP contribution in [0.3, 0.4) is 0 Å². The van der Waals surface area contributed by atoms with Gasteiger partial charge in [0.25, 0.3) is 0 Å². The van der Waals surface area contributed by atoms with Crippen LogP contribution in [0.5, 0.6) is 0 Å². The zero-order chi connectivity index (χ0) is 3.58. The molecule has 0 fully saturated rings. The molecule has 3 N–H and O–H groups in total. The minimum Gasteiger partial charge on any atom is -0.486 e. The summed E-state index contributed by atoms with van der Waals surface area (Å²) in [5.74, 6) is 0. The summed E-state index contributed by atoms with van der Waals surface area (Å²) >= 11 is 3.98. The van der Waals surface area contributed by atoms with E-state index < -0.39 is 0 Å². The first-order chi connectivity index (χ1) is 1.73. The molecule has 0 spiro atoms. The van der Waals surface area contributed by atoms with Crippen molar-refractivity contribution < 1.29 is 27.3 Å². The van der Waals surface area contributed by atoms with E-state index in [1.165, 1.54) is 0 Å². The standard InChI is InChI=1S/CH4N2S.Cd.H2S/c2-1(3)4;;/h(H4,2,3,4);;1H2/p-1. The fourth-order valence-corrected chi connectivity index (χ4v) is 0. The van der Waals surface area contributed by atoms with Crippen LogP contribution in [0.4, 0.5) is 0 Å². The van der Waals surface area contributed by atoms with Gasteiger partial charge in [-0.2, -0.15) is 13.5 Å². The summed E-state index contributed by atoms with van der Waals surface area (Å²) in [6, 6.07) is 0. The fraction of sp³-hybridized carbons (Fsp3) is 0. The molecule has 0 aromatic rings. The van der Waals surface area contributed by atoms with Gasteiger partial charge in [0.1, 0.15) is 0 Å². The Morgan fingerprint density at radius 3 is 1.67 bits per heavy atom. The molecule has 34 valence electrons. The first-order valence-electron chi connectivity index (χ1n) is 0.743. The molecule has 5 heteroatoms. The molecule has 0 aromatic carbocycles. The van der Waals surface area contributed by atoms with Gasteiger partial charge in [-0.3, -0.25) is 0 Å². The van der Waals surface area contributed by atoms with Crippen LogP contribution in [0.1, 0.15) is 0 Å². The molecule has 0 unspecified atom stereocenters. The van der Waals surface area contributed by atoms with Crippen LogP contribution in [-0.4, -0.2) is 5.11 Å². The number of nitrogens with one attached hydrogen (secondary N) is 1. The van der Waals surface area contributed by atoms with E-state index in [9.17, 15) is 0 Å². The third-order valence-corrected chi connectivity index (χ3v) is 0. The molecule has 0 aliphatic carbocycles. The third-order valence-electron chi connectivity index (χ3n) is 0. The second-order valence-electron chi connectivity index (χ2n) is 0.364. The van der Waals surface area contributed by atoms with Gasteiger partial charge in [-0.15, -0.1) is 0 Å². The molecule has 0 saturated heterocycles. The van der Waals surface area contributed by atoms with Gasteiger partial charge in [-0.25, -0.2) is 0 Å². The van der Waals surface area contributed by atoms with Crippen LogP contribution in [-0.2, 0) is 27.3 Å². The van der Waals surface area contributed by atoms with E-state index in [0.29, 0.717) is 0 Å². The summed E-state index contributed by atoms with van der Waals surface area (Å²) in [5.41, 5.74) is 10.6. The summed E-state index contributed by atoms with van der Waals surface area (Å²) < 4.78 is 0. The average Bonchev–Trinajstić information content (AvgIpc) is 0.811. The Labute approximate surface area is 69.3 Å². The fourth-order valence-electron chi connectivity index (χ4n) is 0. The first-order valence-corrected chi connectivity index (χ1v) is 1.15. The summed E-state index contributed by atoms with van der Waals surface area (Å²) in [6.45, 7) is 0. The van der Waals surface area contributed by atoms with Gasteiger partial charge in [-0.05, 0) is 5.11 Å². The molecule has 0 atom stereocenters. The molecule has 0 saturated carbocycles. The SMILES string of the molecule is S.[Cd].[NH-]C(N)=S. The smallest absolute Gasteiger partial charge is 0 e. The molecule has 0 radical (unpaired) electrons. The Balaban J connectivity index is -0.0000000450. The molecule has 2 nitrogen and oxygen atoms in total. The second kappa shape index (κ2) is 9.35. The minimum atomic E-state index is -0.250. The quantitative estimate of drug-likeness (QED) is 0.475. The largest absolute Gasteiger partial charge is 0.486 e. The van der Waals surface area contributed by atoms with Crippen LogP contribution in [0.2, 0.25) is 0 Å². The Morgan fingerprint density at radius 2 is 1.67 bits per heavy atom. The summed E-state index contributed by atoms with van der Waals surface area (Å²) in [5, 5.41) is -0.250. The number of rotatable bonds is 0. The minimum absolute atomic E-state index is 0. The predicted molar refractivity (Wildman–Crippen MR) is 31.5 cm³/mol. The molecule has 0 amide bonds. The van der Waals surface area contributed by atoms with Crippen molar-refractivity contribution in [2.24, 2.45) is 5.73 Å². The Kier molecular flexibility index (Phi) is 24.6. The maximum atomic E-state index is 6.09. The zero-order valence-corrected chi connectivity index (χ0v) is 9.05. The zero-order valence-electron chi connectivity index (χ0n) is 3.19. The number of nitrogens with two attached hydrogens (primary N) is 1. The van der Waals surface area contributed by atoms with Crippen LogP contribution in [0, 0.1) is 0 Å². The summed E-state index contributed by atoms with van der Waals surface area (Å²) in [7, 11) is 0. The number of hydrogen-bond donors (Lipinski definition) is 1. The van der Waals surface area contributed by atoms with E-state index in [1.807, 2.05) is 0 Å². The molecule has 6 heavy (non-hydrogen) atoms. The van der Waals surface area contributed by atoms with E-state index in [2.05, 4.69) is 18.0 Å². The maximum Gasteiger partial charge on any atom is 0 e. The predicted octanol–water partition coefficient (Wildman–Crippen LogP) is 0.393. The van der Waals surface area contributed by atoms with Crippen molar-refractivity contribution in [2.45, 2.75) is 0 Å². The van der Waals surface area contributed by atoms with E-state index in [-0.39, 0.29) is 45.9 Å². The van der Waals surface area contributed by atoms with Crippen molar-refractivity contribution in [2.75, 3.05) is 0 Å². The molecule has 0 aliphatic heterocycles. The van der Waals surface area contributed by atoms with Gasteiger partial charge in [0, 0.05) is 27.3 Å². The van der Waals surface area contributed by atoms with Gasteiger partial charge in [0.2, 0.25) is 0 Å². The molecule has 0 aromatic heterocycles. The van der Waals surface area contributed by atoms with Crippen LogP contribution in [0.25, 0.3) is 5.73 Å². The van der Waals surface area contributed by atoms with Crippen molar-refractivity contribution >= 4 is 30.8 Å². The summed E-state index contributed by atoms with van der Waals surface area (Å²) in [6.07, 6.45) is 0. The van der Waals surface area contributed by atoms with Gasteiger partial charge >= 0.3 is 0 Å². The van der Waals surface area contributed by atoms with Gasteiger partial charge < -0.3 is 11.5 Å². The van der Waals surface area contributed by atoms with Crippen molar-refractivity contribution in [1.29, 1.82) is 0 Å². The topological polar surface area (TPSA) is 49.8 Å². The van der Waals surface area contributed by atoms with E-state index in [1.54, 1.807) is 0 Å². The van der Waals surface area contributed by atoms with Gasteiger partial charge in [0.05, 0.1) is 0 Å². The maximum absolute atomic E-state index is 6.09. The average molecular weight is 222 g/mol. The van der Waals surface area contributed by atoms with Gasteiger partial charge in [0.15, 0.2) is 0 Å². The molecule has 0 rings (SSSR count). The molecule has 0 heterocycles. The van der Waals surface area contributed by atoms with Crippen LogP contribution >= 0.6 is 25.7 Å². The third kappa shape index (κ3) is 84.2. The molecular formula is CH5CdN2S2-. The normalized spacial score (nSPS) is 4.00. The Hall–Kier alpha value is 0.962. The van der Waals surface area contributed by atoms with Crippen LogP contribution < -0.4 is 5.73 Å². The Bertz CT molecular complexity index is 34.5. The second-order valence-corrected chi connectivity index (χ2v) is 0.804. The van der Waals surface area contributed by atoms with Gasteiger partial charge in [-0.1, -0.05) is 12.2 Å². The monoisotopic (exact) mass is 223 g/mol. The van der Waals surface area contributed by atoms with E-state index in [4.69, 9.17) is 5.73 Å². The molecule has 0 bridgehead atoms. The summed E-state index contributed by atoms with van der Waals surface area (Å²) in [4.78, 5) is 0. The van der Waals surface area contributed by atoms with Crippen molar-refractivity contribution in [1.82, 2.24) is 0 Å². The van der Waals surface area contributed by atoms with Crippen LogP contribution in [0.15, 0.2) is 0 Å². The van der Waals surface area contributed by atoms with Crippen molar-refractivity contribution in [3.05, 3.63) is 5.73 Å². The van der Waals surface area contributed by atoms with Crippen molar-refractivity contribution in [3.63, 3.8) is 0 Å². The van der Waals surface area contributed by atoms with E-state index in [0.717, 1.165) is 0 Å². The first kappa shape index (κ1) is 15.8. The van der Waals surface area contributed by atoms with Crippen molar-refractivity contribution in [3.8, 4) is 0 Å². The number of hydrogen-bond acceptors (Lipinski definition) is 1.